The Morgan fingerprint density at radius 2 is 1.85 bits per heavy atom. The van der Waals surface area contributed by atoms with E-state index in [0.29, 0.717) is 18.8 Å². The van der Waals surface area contributed by atoms with Crippen LogP contribution in [-0.4, -0.2) is 34.4 Å². The number of carbonyl (C=O) groups is 1. The summed E-state index contributed by atoms with van der Waals surface area (Å²) in [6.45, 7) is 3.43. The van der Waals surface area contributed by atoms with E-state index in [9.17, 15) is 4.79 Å². The molecule has 0 saturated heterocycles. The van der Waals surface area contributed by atoms with Gasteiger partial charge in [0.15, 0.2) is 0 Å². The standard InChI is InChI=1S/C22H24N4O/c1-17-5-3-4-6-19(17)16-25-20-9-13-24-21(15-20)22(27)26(2)14-10-18-7-11-23-12-8-18/h3-9,11-13,15H,10,14,16H2,1-2H3,(H,24,25). The minimum absolute atomic E-state index is 0.0800. The molecule has 0 aliphatic heterocycles. The van der Waals surface area contributed by atoms with Crippen molar-refractivity contribution in [1.82, 2.24) is 14.9 Å². The lowest BCUT2D eigenvalue weighted by Gasteiger charge is -2.17. The van der Waals surface area contributed by atoms with E-state index in [1.807, 2.05) is 36.4 Å². The summed E-state index contributed by atoms with van der Waals surface area (Å²) >= 11 is 0. The van der Waals surface area contributed by atoms with Gasteiger partial charge in [-0.15, -0.1) is 0 Å². The molecule has 0 saturated carbocycles. The summed E-state index contributed by atoms with van der Waals surface area (Å²) in [5.41, 5.74) is 4.97. The zero-order chi connectivity index (χ0) is 19.1. The Hall–Kier alpha value is -3.21. The van der Waals surface area contributed by atoms with Gasteiger partial charge in [0.2, 0.25) is 0 Å². The summed E-state index contributed by atoms with van der Waals surface area (Å²) in [7, 11) is 1.80. The minimum atomic E-state index is -0.0800. The highest BCUT2D eigenvalue weighted by Crippen LogP contribution is 2.14. The van der Waals surface area contributed by atoms with Crippen molar-refractivity contribution < 1.29 is 4.79 Å². The number of carbonyl (C=O) groups excluding carboxylic acids is 1. The van der Waals surface area contributed by atoms with Gasteiger partial charge in [0.25, 0.3) is 5.91 Å². The number of rotatable bonds is 7. The highest BCUT2D eigenvalue weighted by atomic mass is 16.2. The first-order chi connectivity index (χ1) is 13.1. The van der Waals surface area contributed by atoms with Crippen molar-refractivity contribution in [2.24, 2.45) is 0 Å². The van der Waals surface area contributed by atoms with Gasteiger partial charge in [0.1, 0.15) is 5.69 Å². The summed E-state index contributed by atoms with van der Waals surface area (Å²) in [5, 5.41) is 3.38. The number of benzene rings is 1. The zero-order valence-electron chi connectivity index (χ0n) is 15.7. The molecule has 5 heteroatoms. The van der Waals surface area contributed by atoms with E-state index in [0.717, 1.165) is 17.7 Å². The molecule has 27 heavy (non-hydrogen) atoms. The number of pyridine rings is 2. The van der Waals surface area contributed by atoms with Crippen molar-refractivity contribution >= 4 is 11.6 Å². The van der Waals surface area contributed by atoms with E-state index in [-0.39, 0.29) is 5.91 Å². The van der Waals surface area contributed by atoms with Crippen molar-refractivity contribution in [3.63, 3.8) is 0 Å². The van der Waals surface area contributed by atoms with Gasteiger partial charge in [0.05, 0.1) is 0 Å². The van der Waals surface area contributed by atoms with E-state index < -0.39 is 0 Å². The van der Waals surface area contributed by atoms with E-state index >= 15 is 0 Å². The molecule has 1 N–H and O–H groups in total. The molecule has 0 bridgehead atoms. The number of nitrogens with zero attached hydrogens (tertiary/aromatic N) is 3. The first-order valence-electron chi connectivity index (χ1n) is 9.02. The average Bonchev–Trinajstić information content (AvgIpc) is 2.72. The number of anilines is 1. The van der Waals surface area contributed by atoms with Crippen LogP contribution in [0.2, 0.25) is 0 Å². The molecule has 2 aromatic heterocycles. The summed E-state index contributed by atoms with van der Waals surface area (Å²) in [6, 6.07) is 15.9. The smallest absolute Gasteiger partial charge is 0.272 e. The fourth-order valence-corrected chi connectivity index (χ4v) is 2.81. The molecule has 0 unspecified atom stereocenters. The molecule has 0 atom stereocenters. The largest absolute Gasteiger partial charge is 0.381 e. The Balaban J connectivity index is 1.60. The molecule has 3 aromatic rings. The van der Waals surface area contributed by atoms with Crippen LogP contribution >= 0.6 is 0 Å². The Morgan fingerprint density at radius 1 is 1.07 bits per heavy atom. The van der Waals surface area contributed by atoms with Crippen LogP contribution in [0.25, 0.3) is 0 Å². The normalized spacial score (nSPS) is 10.4. The lowest BCUT2D eigenvalue weighted by Crippen LogP contribution is -2.29. The molecule has 5 nitrogen and oxygen atoms in total. The van der Waals surface area contributed by atoms with Crippen molar-refractivity contribution in [2.45, 2.75) is 19.9 Å². The van der Waals surface area contributed by atoms with E-state index in [1.165, 1.54) is 11.1 Å². The van der Waals surface area contributed by atoms with Gasteiger partial charge in [-0.05, 0) is 54.3 Å². The number of hydrogen-bond acceptors (Lipinski definition) is 4. The monoisotopic (exact) mass is 360 g/mol. The second-order valence-electron chi connectivity index (χ2n) is 6.54. The van der Waals surface area contributed by atoms with Gasteiger partial charge in [-0.25, -0.2) is 0 Å². The van der Waals surface area contributed by atoms with Gasteiger partial charge >= 0.3 is 0 Å². The molecule has 0 aliphatic carbocycles. The van der Waals surface area contributed by atoms with Crippen LogP contribution < -0.4 is 5.32 Å². The molecule has 3 rings (SSSR count). The SMILES string of the molecule is Cc1ccccc1CNc1ccnc(C(=O)N(C)CCc2ccncc2)c1. The second kappa shape index (κ2) is 8.94. The quantitative estimate of drug-likeness (QED) is 0.698. The molecule has 0 spiro atoms. The van der Waals surface area contributed by atoms with Gasteiger partial charge < -0.3 is 10.2 Å². The number of amides is 1. The Labute approximate surface area is 160 Å². The van der Waals surface area contributed by atoms with Crippen LogP contribution in [0.15, 0.2) is 67.1 Å². The zero-order valence-corrected chi connectivity index (χ0v) is 15.7. The lowest BCUT2D eigenvalue weighted by molar-refractivity contribution is 0.0791. The first kappa shape index (κ1) is 18.6. The predicted octanol–water partition coefficient (Wildman–Crippen LogP) is 3.71. The highest BCUT2D eigenvalue weighted by Gasteiger charge is 2.13. The third-order valence-corrected chi connectivity index (χ3v) is 4.56. The molecular weight excluding hydrogens is 336 g/mol. The van der Waals surface area contributed by atoms with Crippen LogP contribution in [0, 0.1) is 6.92 Å². The summed E-state index contributed by atoms with van der Waals surface area (Å²) in [4.78, 5) is 22.6. The maximum Gasteiger partial charge on any atom is 0.272 e. The molecule has 0 fully saturated rings. The molecule has 2 heterocycles. The molecule has 1 aromatic carbocycles. The second-order valence-corrected chi connectivity index (χ2v) is 6.54. The molecule has 0 aliphatic rings. The van der Waals surface area contributed by atoms with Crippen LogP contribution in [-0.2, 0) is 13.0 Å². The van der Waals surface area contributed by atoms with Gasteiger partial charge in [-0.2, -0.15) is 0 Å². The highest BCUT2D eigenvalue weighted by molar-refractivity contribution is 5.93. The number of hydrogen-bond donors (Lipinski definition) is 1. The van der Waals surface area contributed by atoms with Gasteiger partial charge in [0, 0.05) is 44.4 Å². The lowest BCUT2D eigenvalue weighted by atomic mass is 10.1. The maximum absolute atomic E-state index is 12.7. The van der Waals surface area contributed by atoms with Crippen LogP contribution in [0.1, 0.15) is 27.2 Å². The van der Waals surface area contributed by atoms with Crippen LogP contribution in [0.3, 0.4) is 0 Å². The number of nitrogens with one attached hydrogen (secondary N) is 1. The Kier molecular flexibility index (Phi) is 6.15. The third-order valence-electron chi connectivity index (χ3n) is 4.56. The molecule has 1 amide bonds. The summed E-state index contributed by atoms with van der Waals surface area (Å²) in [6.07, 6.45) is 5.99. The van der Waals surface area contributed by atoms with E-state index in [4.69, 9.17) is 0 Å². The van der Waals surface area contributed by atoms with Crippen molar-refractivity contribution in [3.05, 3.63) is 89.5 Å². The van der Waals surface area contributed by atoms with Crippen LogP contribution in [0.4, 0.5) is 5.69 Å². The topological polar surface area (TPSA) is 58.1 Å². The van der Waals surface area contributed by atoms with Crippen molar-refractivity contribution in [1.29, 1.82) is 0 Å². The summed E-state index contributed by atoms with van der Waals surface area (Å²) < 4.78 is 0. The van der Waals surface area contributed by atoms with Crippen LogP contribution in [0.5, 0.6) is 0 Å². The molecular formula is C22H24N4O. The van der Waals surface area contributed by atoms with Crippen molar-refractivity contribution in [2.75, 3.05) is 18.9 Å². The number of aromatic nitrogens is 2. The average molecular weight is 360 g/mol. The number of likely N-dealkylation sites (N-methyl/N-ethyl adjacent to an activating group) is 1. The van der Waals surface area contributed by atoms with Gasteiger partial charge in [-0.3, -0.25) is 14.8 Å². The minimum Gasteiger partial charge on any atom is -0.381 e. The van der Waals surface area contributed by atoms with E-state index in [1.54, 1.807) is 30.5 Å². The third kappa shape index (κ3) is 5.14. The fourth-order valence-electron chi connectivity index (χ4n) is 2.81. The fraction of sp³-hybridized carbons (Fsp3) is 0.227. The Morgan fingerprint density at radius 3 is 2.63 bits per heavy atom. The Bertz CT molecular complexity index is 896. The van der Waals surface area contributed by atoms with Gasteiger partial charge in [-0.1, -0.05) is 24.3 Å². The van der Waals surface area contributed by atoms with Crippen molar-refractivity contribution in [3.8, 4) is 0 Å². The molecule has 0 radical (unpaired) electrons. The predicted molar refractivity (Wildman–Crippen MR) is 108 cm³/mol. The molecule has 138 valence electrons. The number of aryl methyl sites for hydroxylation is 1. The van der Waals surface area contributed by atoms with E-state index in [2.05, 4.69) is 34.3 Å². The maximum atomic E-state index is 12.7. The first-order valence-corrected chi connectivity index (χ1v) is 9.02. The summed E-state index contributed by atoms with van der Waals surface area (Å²) in [5.74, 6) is -0.0800.